The summed E-state index contributed by atoms with van der Waals surface area (Å²) in [7, 11) is -1.81. The topological polar surface area (TPSA) is 92.7 Å². The Labute approximate surface area is 396 Å². The average molecular weight is 962 g/mol. The minimum absolute atomic E-state index is 0.128. The van der Waals surface area contributed by atoms with Crippen molar-refractivity contribution in [2.75, 3.05) is 5.33 Å². The SMILES string of the molecule is O=S(c1ccccc1)c1c(OCc2ccccc2)cc(OCc2ccccc2)cc1O[C@H](c1cc(OCc2ccccc2)c(OCc2ccccc2)c(OCc2ccccc2)c1)[C@H](O)CBr. The van der Waals surface area contributed by atoms with E-state index >= 15 is 0 Å². The lowest BCUT2D eigenvalue weighted by Crippen LogP contribution is -2.26. The van der Waals surface area contributed by atoms with Gasteiger partial charge >= 0.3 is 0 Å². The van der Waals surface area contributed by atoms with E-state index in [0.29, 0.717) is 39.2 Å². The molecule has 0 amide bonds. The number of hydrogen-bond acceptors (Lipinski definition) is 8. The molecular weight excluding hydrogens is 913 g/mol. The zero-order valence-corrected chi connectivity index (χ0v) is 38.5. The van der Waals surface area contributed by atoms with E-state index in [-0.39, 0.29) is 49.0 Å². The predicted molar refractivity (Wildman–Crippen MR) is 261 cm³/mol. The Morgan fingerprint density at radius 2 is 0.803 bits per heavy atom. The summed E-state index contributed by atoms with van der Waals surface area (Å²) in [5, 5.41) is 12.1. The molecule has 0 aliphatic rings. The van der Waals surface area contributed by atoms with Gasteiger partial charge in [0.25, 0.3) is 0 Å². The van der Waals surface area contributed by atoms with Crippen molar-refractivity contribution >= 4 is 26.7 Å². The minimum atomic E-state index is -1.81. The van der Waals surface area contributed by atoms with Crippen LogP contribution in [0.5, 0.6) is 34.5 Å². The molecule has 334 valence electrons. The van der Waals surface area contributed by atoms with Gasteiger partial charge in [-0.15, -0.1) is 0 Å². The molecule has 1 N–H and O–H groups in total. The van der Waals surface area contributed by atoms with Gasteiger partial charge in [-0.25, -0.2) is 4.21 Å². The second-order valence-corrected chi connectivity index (χ2v) is 17.4. The van der Waals surface area contributed by atoms with Crippen LogP contribution in [0.15, 0.2) is 216 Å². The number of benzene rings is 8. The molecule has 10 heteroatoms. The second kappa shape index (κ2) is 23.4. The molecule has 0 heterocycles. The van der Waals surface area contributed by atoms with Crippen molar-refractivity contribution in [3.05, 3.63) is 240 Å². The van der Waals surface area contributed by atoms with E-state index in [1.807, 2.05) is 182 Å². The Bertz CT molecular complexity index is 2680. The Morgan fingerprint density at radius 3 is 1.23 bits per heavy atom. The van der Waals surface area contributed by atoms with E-state index in [2.05, 4.69) is 15.9 Å². The van der Waals surface area contributed by atoms with Crippen molar-refractivity contribution in [2.45, 2.75) is 55.0 Å². The van der Waals surface area contributed by atoms with Crippen molar-refractivity contribution in [2.24, 2.45) is 0 Å². The summed E-state index contributed by atoms with van der Waals surface area (Å²) in [5.74, 6) is 2.06. The number of aliphatic hydroxyl groups is 1. The van der Waals surface area contributed by atoms with Gasteiger partial charge in [-0.1, -0.05) is 186 Å². The molecule has 8 aromatic carbocycles. The van der Waals surface area contributed by atoms with Crippen LogP contribution in [0.2, 0.25) is 0 Å². The first kappa shape index (κ1) is 45.7. The zero-order chi connectivity index (χ0) is 45.3. The summed E-state index contributed by atoms with van der Waals surface area (Å²) in [5.41, 5.74) is 5.23. The first-order valence-corrected chi connectivity index (χ1v) is 23.8. The summed E-state index contributed by atoms with van der Waals surface area (Å²) in [6.07, 6.45) is -2.21. The molecule has 1 unspecified atom stereocenters. The predicted octanol–water partition coefficient (Wildman–Crippen LogP) is 12.6. The number of halogens is 1. The molecular formula is C56H49BrO8S. The second-order valence-electron chi connectivity index (χ2n) is 15.3. The largest absolute Gasteiger partial charge is 0.489 e. The van der Waals surface area contributed by atoms with Gasteiger partial charge in [-0.3, -0.25) is 0 Å². The van der Waals surface area contributed by atoms with Crippen molar-refractivity contribution in [3.63, 3.8) is 0 Å². The summed E-state index contributed by atoms with van der Waals surface area (Å²) >= 11 is 3.54. The molecule has 3 atom stereocenters. The maximum Gasteiger partial charge on any atom is 0.203 e. The number of hydrogen-bond donors (Lipinski definition) is 1. The van der Waals surface area contributed by atoms with E-state index in [0.717, 1.165) is 27.8 Å². The van der Waals surface area contributed by atoms with Gasteiger partial charge in [-0.05, 0) is 52.1 Å². The van der Waals surface area contributed by atoms with Gasteiger partial charge < -0.3 is 33.5 Å². The molecule has 0 aliphatic heterocycles. The van der Waals surface area contributed by atoms with Crippen LogP contribution in [0.25, 0.3) is 0 Å². The van der Waals surface area contributed by atoms with Gasteiger partial charge in [0, 0.05) is 27.9 Å². The fraction of sp³-hybridized carbons (Fsp3) is 0.143. The van der Waals surface area contributed by atoms with Crippen LogP contribution in [-0.4, -0.2) is 20.7 Å². The molecule has 0 saturated heterocycles. The van der Waals surface area contributed by atoms with Gasteiger partial charge in [0.2, 0.25) is 5.75 Å². The maximum absolute atomic E-state index is 14.9. The molecule has 66 heavy (non-hydrogen) atoms. The highest BCUT2D eigenvalue weighted by Gasteiger charge is 2.31. The molecule has 0 aliphatic carbocycles. The number of alkyl halides is 1. The molecule has 0 saturated carbocycles. The van der Waals surface area contributed by atoms with Crippen molar-refractivity contribution in [3.8, 4) is 34.5 Å². The maximum atomic E-state index is 14.9. The molecule has 0 fully saturated rings. The van der Waals surface area contributed by atoms with Crippen molar-refractivity contribution in [1.29, 1.82) is 0 Å². The van der Waals surface area contributed by atoms with Crippen LogP contribution in [0.4, 0.5) is 0 Å². The zero-order valence-electron chi connectivity index (χ0n) is 36.1. The van der Waals surface area contributed by atoms with Crippen LogP contribution in [-0.2, 0) is 43.8 Å². The van der Waals surface area contributed by atoms with Crippen LogP contribution in [0.1, 0.15) is 39.5 Å². The van der Waals surface area contributed by atoms with Crippen LogP contribution >= 0.6 is 15.9 Å². The Morgan fingerprint density at radius 1 is 0.439 bits per heavy atom. The summed E-state index contributed by atoms with van der Waals surface area (Å²) in [4.78, 5) is 0.815. The van der Waals surface area contributed by atoms with Crippen LogP contribution in [0, 0.1) is 0 Å². The lowest BCUT2D eigenvalue weighted by Gasteiger charge is -2.27. The third-order valence-corrected chi connectivity index (χ3v) is 12.6. The lowest BCUT2D eigenvalue weighted by molar-refractivity contribution is 0.0489. The average Bonchev–Trinajstić information content (AvgIpc) is 3.38. The third kappa shape index (κ3) is 12.5. The van der Waals surface area contributed by atoms with Gasteiger partial charge in [0.15, 0.2) is 17.6 Å². The highest BCUT2D eigenvalue weighted by molar-refractivity contribution is 9.09. The first-order valence-electron chi connectivity index (χ1n) is 21.6. The van der Waals surface area contributed by atoms with E-state index < -0.39 is 23.0 Å². The quantitative estimate of drug-likeness (QED) is 0.0672. The standard InChI is InChI=1S/C56H49BrO8S/c57-35-49(58)54(46-31-50(61-37-42-21-9-2-10-22-42)55(64-40-45-27-15-5-16-28-45)51(32-46)62-38-43-23-11-3-12-24-43)65-53-34-47(60-36-41-19-7-1-8-20-41)33-52(63-39-44-25-13-4-14-26-44)56(53)66(59)48-29-17-6-18-30-48/h1-34,49,54,58H,35-40H2/t49-,54-,66?/m1/s1. The van der Waals surface area contributed by atoms with Gasteiger partial charge in [-0.2, -0.15) is 0 Å². The molecule has 0 spiro atoms. The summed E-state index contributed by atoms with van der Waals surface area (Å²) in [6, 6.07) is 65.3. The monoisotopic (exact) mass is 960 g/mol. The molecule has 8 rings (SSSR count). The molecule has 0 aromatic heterocycles. The molecule has 0 radical (unpaired) electrons. The van der Waals surface area contributed by atoms with Crippen LogP contribution in [0.3, 0.4) is 0 Å². The first-order chi connectivity index (χ1) is 32.5. The van der Waals surface area contributed by atoms with Gasteiger partial charge in [0.1, 0.15) is 61.3 Å². The highest BCUT2D eigenvalue weighted by atomic mass is 79.9. The fourth-order valence-electron chi connectivity index (χ4n) is 7.06. The van der Waals surface area contributed by atoms with Crippen molar-refractivity contribution in [1.82, 2.24) is 0 Å². The minimum Gasteiger partial charge on any atom is -0.489 e. The Balaban J connectivity index is 1.26. The molecule has 8 aromatic rings. The fourth-order valence-corrected chi connectivity index (χ4v) is 8.63. The van der Waals surface area contributed by atoms with E-state index in [9.17, 15) is 9.32 Å². The summed E-state index contributed by atoms with van der Waals surface area (Å²) in [6.45, 7) is 1.12. The van der Waals surface area contributed by atoms with E-state index in [1.54, 1.807) is 24.3 Å². The molecule has 0 bridgehead atoms. The Hall–Kier alpha value is -6.85. The van der Waals surface area contributed by atoms with Crippen molar-refractivity contribution < 1.29 is 37.7 Å². The smallest absolute Gasteiger partial charge is 0.203 e. The summed E-state index contributed by atoms with van der Waals surface area (Å²) < 4.78 is 54.8. The number of aliphatic hydroxyl groups excluding tert-OH is 1. The van der Waals surface area contributed by atoms with Crippen LogP contribution < -0.4 is 28.4 Å². The highest BCUT2D eigenvalue weighted by Crippen LogP contribution is 2.46. The normalized spacial score (nSPS) is 12.3. The van der Waals surface area contributed by atoms with Gasteiger partial charge in [0.05, 0.1) is 10.8 Å². The Kier molecular flexibility index (Phi) is 16.2. The lowest BCUT2D eigenvalue weighted by atomic mass is 10.0. The molecule has 8 nitrogen and oxygen atoms in total. The number of ether oxygens (including phenoxy) is 6. The van der Waals surface area contributed by atoms with E-state index in [4.69, 9.17) is 28.4 Å². The van der Waals surface area contributed by atoms with E-state index in [1.165, 1.54) is 0 Å². The third-order valence-electron chi connectivity index (χ3n) is 10.5. The number of rotatable bonds is 22.